The number of nitrogens with one attached hydrogen (secondary N) is 1. The van der Waals surface area contributed by atoms with E-state index in [1.54, 1.807) is 0 Å². The Bertz CT molecular complexity index is 98.4. The van der Waals surface area contributed by atoms with Gasteiger partial charge in [-0.05, 0) is 26.2 Å². The molecular formula is C6H11N. The molecule has 2 rings (SSSR count). The fourth-order valence-corrected chi connectivity index (χ4v) is 1.67. The van der Waals surface area contributed by atoms with E-state index in [0.717, 1.165) is 6.04 Å². The van der Waals surface area contributed by atoms with E-state index in [1.807, 2.05) is 0 Å². The first-order valence-corrected chi connectivity index (χ1v) is 3.09. The van der Waals surface area contributed by atoms with Gasteiger partial charge in [0.25, 0.3) is 0 Å². The summed E-state index contributed by atoms with van der Waals surface area (Å²) >= 11 is 0. The maximum absolute atomic E-state index is 3.44. The molecule has 1 heterocycles. The Morgan fingerprint density at radius 2 is 2.57 bits per heavy atom. The van der Waals surface area contributed by atoms with Gasteiger partial charge in [-0.25, -0.2) is 0 Å². The van der Waals surface area contributed by atoms with Crippen LogP contribution >= 0.6 is 0 Å². The molecule has 0 bridgehead atoms. The summed E-state index contributed by atoms with van der Waals surface area (Å²) in [7, 11) is 0. The zero-order valence-corrected chi connectivity index (χ0v) is 4.70. The van der Waals surface area contributed by atoms with E-state index in [2.05, 4.69) is 12.2 Å². The Hall–Kier alpha value is -0.0400. The van der Waals surface area contributed by atoms with Crippen molar-refractivity contribution >= 4 is 0 Å². The third-order valence-electron chi connectivity index (χ3n) is 2.38. The van der Waals surface area contributed by atoms with Crippen molar-refractivity contribution in [3.05, 3.63) is 0 Å². The third-order valence-corrected chi connectivity index (χ3v) is 2.38. The first-order chi connectivity index (χ1) is 3.31. The SMILES string of the molecule is CC12CCCC1N2. The molecule has 7 heavy (non-hydrogen) atoms. The Labute approximate surface area is 44.1 Å². The van der Waals surface area contributed by atoms with E-state index in [0.29, 0.717) is 5.54 Å². The summed E-state index contributed by atoms with van der Waals surface area (Å²) < 4.78 is 0. The Morgan fingerprint density at radius 3 is 2.71 bits per heavy atom. The van der Waals surface area contributed by atoms with Gasteiger partial charge in [-0.1, -0.05) is 0 Å². The molecule has 2 fully saturated rings. The summed E-state index contributed by atoms with van der Waals surface area (Å²) in [6, 6.07) is 0.910. The smallest absolute Gasteiger partial charge is 0.0310 e. The van der Waals surface area contributed by atoms with Crippen molar-refractivity contribution in [2.24, 2.45) is 0 Å². The summed E-state index contributed by atoms with van der Waals surface area (Å²) in [6.07, 6.45) is 4.29. The monoisotopic (exact) mass is 97.1 g/mol. The maximum Gasteiger partial charge on any atom is 0.0310 e. The van der Waals surface area contributed by atoms with Crippen molar-refractivity contribution < 1.29 is 0 Å². The van der Waals surface area contributed by atoms with Gasteiger partial charge >= 0.3 is 0 Å². The predicted octanol–water partition coefficient (Wildman–Crippen LogP) is 0.901. The molecule has 2 atom stereocenters. The highest BCUT2D eigenvalue weighted by Crippen LogP contribution is 2.41. The summed E-state index contributed by atoms with van der Waals surface area (Å²) in [5, 5.41) is 3.44. The largest absolute Gasteiger partial charge is 0.305 e. The van der Waals surface area contributed by atoms with Crippen LogP contribution in [0, 0.1) is 0 Å². The molecule has 0 aromatic heterocycles. The van der Waals surface area contributed by atoms with Crippen molar-refractivity contribution in [3.8, 4) is 0 Å². The molecule has 2 aliphatic rings. The van der Waals surface area contributed by atoms with Gasteiger partial charge in [0, 0.05) is 11.6 Å². The van der Waals surface area contributed by atoms with Crippen LogP contribution in [0.1, 0.15) is 26.2 Å². The molecule has 0 radical (unpaired) electrons. The van der Waals surface area contributed by atoms with Gasteiger partial charge in [-0.2, -0.15) is 0 Å². The zero-order valence-electron chi connectivity index (χ0n) is 4.70. The van der Waals surface area contributed by atoms with E-state index < -0.39 is 0 Å². The lowest BCUT2D eigenvalue weighted by Gasteiger charge is -1.95. The molecule has 40 valence electrons. The van der Waals surface area contributed by atoms with E-state index in [1.165, 1.54) is 19.3 Å². The minimum Gasteiger partial charge on any atom is -0.305 e. The van der Waals surface area contributed by atoms with Crippen molar-refractivity contribution in [3.63, 3.8) is 0 Å². The summed E-state index contributed by atoms with van der Waals surface area (Å²) in [5.74, 6) is 0. The molecule has 1 saturated carbocycles. The minimum atomic E-state index is 0.611. The molecule has 2 unspecified atom stereocenters. The van der Waals surface area contributed by atoms with Crippen molar-refractivity contribution in [2.45, 2.75) is 37.8 Å². The van der Waals surface area contributed by atoms with Crippen LogP contribution in [0.25, 0.3) is 0 Å². The number of rotatable bonds is 0. The van der Waals surface area contributed by atoms with Crippen LogP contribution in [-0.2, 0) is 0 Å². The van der Waals surface area contributed by atoms with Crippen molar-refractivity contribution in [2.75, 3.05) is 0 Å². The molecule has 1 aliphatic carbocycles. The van der Waals surface area contributed by atoms with Gasteiger partial charge in [0.2, 0.25) is 0 Å². The molecule has 0 amide bonds. The minimum absolute atomic E-state index is 0.611. The van der Waals surface area contributed by atoms with Gasteiger partial charge in [-0.15, -0.1) is 0 Å². The molecule has 0 spiro atoms. The topological polar surface area (TPSA) is 21.9 Å². The highest BCUT2D eigenvalue weighted by molar-refractivity contribution is 5.14. The van der Waals surface area contributed by atoms with Gasteiger partial charge < -0.3 is 5.32 Å². The Kier molecular flexibility index (Phi) is 0.487. The number of piperidine rings is 1. The summed E-state index contributed by atoms with van der Waals surface area (Å²) in [6.45, 7) is 2.32. The average Bonchev–Trinajstić information content (AvgIpc) is 2.09. The lowest BCUT2D eigenvalue weighted by atomic mass is 10.1. The van der Waals surface area contributed by atoms with E-state index >= 15 is 0 Å². The van der Waals surface area contributed by atoms with Crippen LogP contribution in [0.2, 0.25) is 0 Å². The third kappa shape index (κ3) is 0.367. The fraction of sp³-hybridized carbons (Fsp3) is 1.00. The van der Waals surface area contributed by atoms with E-state index in [9.17, 15) is 0 Å². The van der Waals surface area contributed by atoms with Gasteiger partial charge in [0.05, 0.1) is 0 Å². The van der Waals surface area contributed by atoms with E-state index in [-0.39, 0.29) is 0 Å². The summed E-state index contributed by atoms with van der Waals surface area (Å²) in [5.41, 5.74) is 0.611. The Morgan fingerprint density at radius 1 is 1.71 bits per heavy atom. The molecule has 0 aromatic rings. The van der Waals surface area contributed by atoms with Crippen molar-refractivity contribution in [1.82, 2.24) is 5.32 Å². The zero-order chi connectivity index (χ0) is 4.91. The molecule has 1 N–H and O–H groups in total. The second-order valence-corrected chi connectivity index (χ2v) is 3.01. The lowest BCUT2D eigenvalue weighted by Crippen LogP contribution is -2.05. The maximum atomic E-state index is 3.44. The normalized spacial score (nSPS) is 57.0. The van der Waals surface area contributed by atoms with Crippen molar-refractivity contribution in [1.29, 1.82) is 0 Å². The van der Waals surface area contributed by atoms with Crippen LogP contribution in [0.15, 0.2) is 0 Å². The predicted molar refractivity (Wildman–Crippen MR) is 29.2 cm³/mol. The summed E-state index contributed by atoms with van der Waals surface area (Å²) in [4.78, 5) is 0. The van der Waals surface area contributed by atoms with Gasteiger partial charge in [0.15, 0.2) is 0 Å². The average molecular weight is 97.2 g/mol. The number of hydrogen-bond acceptors (Lipinski definition) is 1. The Balaban J connectivity index is 2.17. The van der Waals surface area contributed by atoms with E-state index in [4.69, 9.17) is 0 Å². The highest BCUT2D eigenvalue weighted by atomic mass is 15.2. The van der Waals surface area contributed by atoms with Crippen LogP contribution in [0.3, 0.4) is 0 Å². The first kappa shape index (κ1) is 3.90. The second kappa shape index (κ2) is 0.873. The second-order valence-electron chi connectivity index (χ2n) is 3.01. The quantitative estimate of drug-likeness (QED) is 0.446. The van der Waals surface area contributed by atoms with Crippen LogP contribution in [0.5, 0.6) is 0 Å². The molecule has 1 nitrogen and oxygen atoms in total. The van der Waals surface area contributed by atoms with Gasteiger partial charge in [0.1, 0.15) is 0 Å². The first-order valence-electron chi connectivity index (χ1n) is 3.09. The molecule has 1 aliphatic heterocycles. The molecule has 1 heteroatoms. The van der Waals surface area contributed by atoms with Gasteiger partial charge in [-0.3, -0.25) is 0 Å². The molecular weight excluding hydrogens is 86.1 g/mol. The fourth-order valence-electron chi connectivity index (χ4n) is 1.67. The lowest BCUT2D eigenvalue weighted by molar-refractivity contribution is 0.641. The van der Waals surface area contributed by atoms with Crippen LogP contribution in [0.4, 0.5) is 0 Å². The number of fused-ring (bicyclic) bond motifs is 1. The molecule has 1 saturated heterocycles. The standard InChI is InChI=1S/C6H11N/c1-6-4-2-3-5(6)7-6/h5,7H,2-4H2,1H3. The van der Waals surface area contributed by atoms with Crippen LogP contribution < -0.4 is 5.32 Å². The highest BCUT2D eigenvalue weighted by Gasteiger charge is 2.52. The molecule has 0 aromatic carbocycles. The van der Waals surface area contributed by atoms with Crippen LogP contribution in [-0.4, -0.2) is 11.6 Å². The number of hydrogen-bond donors (Lipinski definition) is 1.